The quantitative estimate of drug-likeness (QED) is 0.736. The molecule has 0 N–H and O–H groups in total. The fourth-order valence-electron chi connectivity index (χ4n) is 2.41. The summed E-state index contributed by atoms with van der Waals surface area (Å²) in [5, 5.41) is 0. The van der Waals surface area contributed by atoms with Crippen LogP contribution in [0.15, 0.2) is 0 Å². The molecule has 1 saturated heterocycles. The zero-order chi connectivity index (χ0) is 14.7. The highest BCUT2D eigenvalue weighted by Crippen LogP contribution is 2.40. The first-order valence-electron chi connectivity index (χ1n) is 7.05. The van der Waals surface area contributed by atoms with Crippen LogP contribution in [0.4, 0.5) is 0 Å². The molecule has 1 aliphatic rings. The van der Waals surface area contributed by atoms with Gasteiger partial charge in [-0.15, -0.1) is 0 Å². The molecule has 0 aliphatic carbocycles. The molecular weight excluding hydrogens is 244 g/mol. The minimum Gasteiger partial charge on any atom is -0.435 e. The van der Waals surface area contributed by atoms with Gasteiger partial charge in [0.25, 0.3) is 0 Å². The van der Waals surface area contributed by atoms with Gasteiger partial charge in [-0.1, -0.05) is 34.6 Å². The van der Waals surface area contributed by atoms with E-state index in [-0.39, 0.29) is 24.1 Å². The van der Waals surface area contributed by atoms with E-state index in [0.717, 1.165) is 6.42 Å². The van der Waals surface area contributed by atoms with E-state index < -0.39 is 11.7 Å². The van der Waals surface area contributed by atoms with Crippen LogP contribution in [0.1, 0.15) is 54.4 Å². The highest BCUT2D eigenvalue weighted by molar-refractivity contribution is 5.76. The predicted molar refractivity (Wildman–Crippen MR) is 73.4 cm³/mol. The summed E-state index contributed by atoms with van der Waals surface area (Å²) in [7, 11) is 0. The van der Waals surface area contributed by atoms with Gasteiger partial charge in [0.05, 0.1) is 12.0 Å². The summed E-state index contributed by atoms with van der Waals surface area (Å²) < 4.78 is 15.9. The van der Waals surface area contributed by atoms with E-state index in [0.29, 0.717) is 13.0 Å². The average Bonchev–Trinajstić information content (AvgIpc) is 2.27. The normalized spacial score (nSPS) is 24.1. The molecule has 112 valence electrons. The van der Waals surface area contributed by atoms with Crippen LogP contribution in [0.3, 0.4) is 0 Å². The van der Waals surface area contributed by atoms with E-state index in [2.05, 4.69) is 34.6 Å². The molecule has 0 bridgehead atoms. The SMILES string of the molecule is CC(C)C(C)(CC(C)(C)C)C(=O)OC1CCOCO1. The van der Waals surface area contributed by atoms with Gasteiger partial charge in [-0.2, -0.15) is 0 Å². The first-order valence-corrected chi connectivity index (χ1v) is 7.05. The van der Waals surface area contributed by atoms with Crippen molar-refractivity contribution in [1.29, 1.82) is 0 Å². The lowest BCUT2D eigenvalue weighted by molar-refractivity contribution is -0.239. The zero-order valence-electron chi connectivity index (χ0n) is 13.1. The highest BCUT2D eigenvalue weighted by atomic mass is 16.8. The molecule has 4 heteroatoms. The van der Waals surface area contributed by atoms with Crippen molar-refractivity contribution in [2.24, 2.45) is 16.7 Å². The zero-order valence-corrected chi connectivity index (χ0v) is 13.1. The Morgan fingerprint density at radius 2 is 1.95 bits per heavy atom. The second kappa shape index (κ2) is 6.23. The number of esters is 1. The molecule has 1 rings (SSSR count). The van der Waals surface area contributed by atoms with Gasteiger partial charge in [0.1, 0.15) is 0 Å². The van der Waals surface area contributed by atoms with Crippen molar-refractivity contribution >= 4 is 5.97 Å². The second-order valence-corrected chi connectivity index (χ2v) is 7.13. The molecule has 2 atom stereocenters. The Hall–Kier alpha value is -0.610. The number of hydrogen-bond donors (Lipinski definition) is 0. The lowest BCUT2D eigenvalue weighted by Gasteiger charge is -2.38. The monoisotopic (exact) mass is 272 g/mol. The van der Waals surface area contributed by atoms with E-state index in [4.69, 9.17) is 14.2 Å². The van der Waals surface area contributed by atoms with E-state index in [9.17, 15) is 4.79 Å². The Bertz CT molecular complexity index is 300. The molecule has 0 aromatic carbocycles. The first-order chi connectivity index (χ1) is 8.65. The van der Waals surface area contributed by atoms with Crippen LogP contribution >= 0.6 is 0 Å². The molecule has 0 spiro atoms. The summed E-state index contributed by atoms with van der Waals surface area (Å²) in [6.45, 7) is 13.3. The molecule has 19 heavy (non-hydrogen) atoms. The number of ether oxygens (including phenoxy) is 3. The summed E-state index contributed by atoms with van der Waals surface area (Å²) in [4.78, 5) is 12.5. The number of carbonyl (C=O) groups excluding carboxylic acids is 1. The van der Waals surface area contributed by atoms with Crippen molar-refractivity contribution in [3.05, 3.63) is 0 Å². The van der Waals surface area contributed by atoms with Crippen molar-refractivity contribution in [2.45, 2.75) is 60.7 Å². The van der Waals surface area contributed by atoms with E-state index in [1.807, 2.05) is 6.92 Å². The van der Waals surface area contributed by atoms with E-state index >= 15 is 0 Å². The van der Waals surface area contributed by atoms with Crippen LogP contribution in [-0.4, -0.2) is 25.7 Å². The lowest BCUT2D eigenvalue weighted by Crippen LogP contribution is -2.41. The summed E-state index contributed by atoms with van der Waals surface area (Å²) in [6.07, 6.45) is 0.939. The summed E-state index contributed by atoms with van der Waals surface area (Å²) >= 11 is 0. The fraction of sp³-hybridized carbons (Fsp3) is 0.933. The second-order valence-electron chi connectivity index (χ2n) is 7.13. The molecule has 0 saturated carbocycles. The molecular formula is C15H28O4. The molecule has 1 aliphatic heterocycles. The molecule has 0 aromatic heterocycles. The van der Waals surface area contributed by atoms with Crippen molar-refractivity contribution in [1.82, 2.24) is 0 Å². The standard InChI is InChI=1S/C15H28O4/c1-11(2)15(6,9-14(3,4)5)13(16)19-12-7-8-17-10-18-12/h11-12H,7-10H2,1-6H3. The number of rotatable bonds is 4. The van der Waals surface area contributed by atoms with Crippen LogP contribution < -0.4 is 0 Å². The van der Waals surface area contributed by atoms with Crippen molar-refractivity contribution < 1.29 is 19.0 Å². The van der Waals surface area contributed by atoms with Gasteiger partial charge in [-0.25, -0.2) is 0 Å². The van der Waals surface area contributed by atoms with Gasteiger partial charge < -0.3 is 14.2 Å². The Morgan fingerprint density at radius 3 is 2.37 bits per heavy atom. The minimum absolute atomic E-state index is 0.0779. The van der Waals surface area contributed by atoms with Crippen LogP contribution in [0.25, 0.3) is 0 Å². The molecule has 0 amide bonds. The van der Waals surface area contributed by atoms with Gasteiger partial charge >= 0.3 is 5.97 Å². The van der Waals surface area contributed by atoms with E-state index in [1.54, 1.807) is 0 Å². The van der Waals surface area contributed by atoms with Crippen LogP contribution in [-0.2, 0) is 19.0 Å². The third-order valence-electron chi connectivity index (χ3n) is 3.71. The first kappa shape index (κ1) is 16.4. The van der Waals surface area contributed by atoms with Crippen molar-refractivity contribution in [3.8, 4) is 0 Å². The molecule has 4 nitrogen and oxygen atoms in total. The molecule has 0 aromatic rings. The molecule has 0 radical (unpaired) electrons. The number of hydrogen-bond acceptors (Lipinski definition) is 4. The summed E-state index contributed by atoms with van der Waals surface area (Å²) in [5.74, 6) is 0.0587. The fourth-order valence-corrected chi connectivity index (χ4v) is 2.41. The Morgan fingerprint density at radius 1 is 1.32 bits per heavy atom. The molecule has 1 heterocycles. The van der Waals surface area contributed by atoms with Crippen molar-refractivity contribution in [2.75, 3.05) is 13.4 Å². The Labute approximate surface area is 116 Å². The Kier molecular flexibility index (Phi) is 5.39. The summed E-state index contributed by atoms with van der Waals surface area (Å²) in [6, 6.07) is 0. The summed E-state index contributed by atoms with van der Waals surface area (Å²) in [5.41, 5.74) is -0.408. The highest BCUT2D eigenvalue weighted by Gasteiger charge is 2.42. The van der Waals surface area contributed by atoms with Gasteiger partial charge in [-0.05, 0) is 24.7 Å². The number of carbonyl (C=O) groups is 1. The maximum absolute atomic E-state index is 12.5. The van der Waals surface area contributed by atoms with Crippen LogP contribution in [0.2, 0.25) is 0 Å². The third kappa shape index (κ3) is 4.77. The smallest absolute Gasteiger partial charge is 0.314 e. The lowest BCUT2D eigenvalue weighted by atomic mass is 9.69. The average molecular weight is 272 g/mol. The topological polar surface area (TPSA) is 44.8 Å². The maximum atomic E-state index is 12.5. The predicted octanol–water partition coefficient (Wildman–Crippen LogP) is 3.35. The van der Waals surface area contributed by atoms with Gasteiger partial charge in [0, 0.05) is 6.42 Å². The van der Waals surface area contributed by atoms with E-state index in [1.165, 1.54) is 0 Å². The largest absolute Gasteiger partial charge is 0.435 e. The van der Waals surface area contributed by atoms with Gasteiger partial charge in [-0.3, -0.25) is 4.79 Å². The van der Waals surface area contributed by atoms with Gasteiger partial charge in [0.2, 0.25) is 6.29 Å². The van der Waals surface area contributed by atoms with Crippen LogP contribution in [0.5, 0.6) is 0 Å². The van der Waals surface area contributed by atoms with Crippen LogP contribution in [0, 0.1) is 16.7 Å². The van der Waals surface area contributed by atoms with Gasteiger partial charge in [0.15, 0.2) is 6.79 Å². The van der Waals surface area contributed by atoms with Crippen molar-refractivity contribution in [3.63, 3.8) is 0 Å². The molecule has 2 unspecified atom stereocenters. The molecule has 1 fully saturated rings. The maximum Gasteiger partial charge on any atom is 0.314 e. The minimum atomic E-state index is -0.486. The third-order valence-corrected chi connectivity index (χ3v) is 3.71. The Balaban J connectivity index is 2.71.